The van der Waals surface area contributed by atoms with Crippen LogP contribution >= 0.6 is 0 Å². The molecule has 0 atom stereocenters. The Bertz CT molecular complexity index is 487. The van der Waals surface area contributed by atoms with E-state index in [1.54, 1.807) is 0 Å². The first kappa shape index (κ1) is 5.95. The van der Waals surface area contributed by atoms with E-state index in [4.69, 9.17) is 0 Å². The van der Waals surface area contributed by atoms with Gasteiger partial charge in [-0.2, -0.15) is 0 Å². The quantitative estimate of drug-likeness (QED) is 0.484. The van der Waals surface area contributed by atoms with Gasteiger partial charge in [0.15, 0.2) is 0 Å². The zero-order valence-corrected chi connectivity index (χ0v) is 6.49. The molecule has 0 spiro atoms. The number of hydrogen-bond donors (Lipinski definition) is 0. The van der Waals surface area contributed by atoms with Crippen LogP contribution in [0.4, 0.5) is 0 Å². The Hall–Kier alpha value is -1.63. The first-order valence-electron chi connectivity index (χ1n) is 3.99. The normalized spacial score (nSPS) is 11.3. The van der Waals surface area contributed by atoms with Crippen molar-refractivity contribution in [1.29, 1.82) is 0 Å². The first-order valence-corrected chi connectivity index (χ1v) is 3.99. The van der Waals surface area contributed by atoms with E-state index in [0.717, 1.165) is 0 Å². The summed E-state index contributed by atoms with van der Waals surface area (Å²) in [6.07, 6.45) is 3.81. The molecule has 0 aliphatic heterocycles. The van der Waals surface area contributed by atoms with Gasteiger partial charge in [0, 0.05) is 23.2 Å². The average Bonchev–Trinajstić information content (AvgIpc) is 2.17. The summed E-state index contributed by atoms with van der Waals surface area (Å²) in [4.78, 5) is 4.16. The minimum Gasteiger partial charge on any atom is -0.263 e. The summed E-state index contributed by atoms with van der Waals surface area (Å²) in [5, 5.41) is 5.03. The number of hydrogen-bond acceptors (Lipinski definition) is 1. The first-order chi connectivity index (χ1) is 5.93. The lowest BCUT2D eigenvalue weighted by atomic mass is 10.0. The maximum atomic E-state index is 4.16. The van der Waals surface area contributed by atoms with Crippen molar-refractivity contribution >= 4 is 21.5 Å². The second-order valence-electron chi connectivity index (χ2n) is 3.04. The summed E-state index contributed by atoms with van der Waals surface area (Å²) < 4.78 is 0. The van der Waals surface area contributed by atoms with Gasteiger partial charge >= 0.3 is 0 Å². The van der Waals surface area contributed by atoms with Crippen LogP contribution in [-0.2, 0) is 0 Å². The lowest BCUT2D eigenvalue weighted by Crippen LogP contribution is -1.79. The average molecular weight is 153 g/mol. The lowest BCUT2D eigenvalue weighted by Gasteiger charge is -2.02. The molecule has 2 aromatic carbocycles. The molecule has 1 aromatic heterocycles. The van der Waals surface area contributed by atoms with Crippen LogP contribution in [0, 0.1) is 0 Å². The van der Waals surface area contributed by atoms with Crippen molar-refractivity contribution in [3.63, 3.8) is 0 Å². The van der Waals surface area contributed by atoms with Crippen LogP contribution in [0.25, 0.3) is 21.5 Å². The topological polar surface area (TPSA) is 12.9 Å². The molecule has 3 rings (SSSR count). The van der Waals surface area contributed by atoms with Crippen LogP contribution < -0.4 is 0 Å². The van der Waals surface area contributed by atoms with E-state index in [1.165, 1.54) is 21.5 Å². The maximum absolute atomic E-state index is 4.16. The molecule has 1 heteroatoms. The fraction of sp³-hybridized carbons (Fsp3) is 0. The van der Waals surface area contributed by atoms with Gasteiger partial charge in [-0.3, -0.25) is 4.98 Å². The van der Waals surface area contributed by atoms with E-state index in [9.17, 15) is 0 Å². The van der Waals surface area contributed by atoms with Gasteiger partial charge in [0.25, 0.3) is 0 Å². The predicted molar refractivity (Wildman–Crippen MR) is 50.4 cm³/mol. The van der Waals surface area contributed by atoms with Crippen LogP contribution in [0.2, 0.25) is 0 Å². The second-order valence-corrected chi connectivity index (χ2v) is 3.04. The van der Waals surface area contributed by atoms with Crippen LogP contribution in [0.5, 0.6) is 0 Å². The van der Waals surface area contributed by atoms with E-state index >= 15 is 0 Å². The lowest BCUT2D eigenvalue weighted by molar-refractivity contribution is 1.38. The van der Waals surface area contributed by atoms with Crippen LogP contribution in [-0.4, -0.2) is 4.98 Å². The standard InChI is InChI=1S/C11H7N/c1-3-9-6-12-7-10-4-2-8(1)5-11(9)10/h1-7H. The van der Waals surface area contributed by atoms with E-state index in [-0.39, 0.29) is 0 Å². The summed E-state index contributed by atoms with van der Waals surface area (Å²) in [6.45, 7) is 0. The molecular formula is C11H7N. The third kappa shape index (κ3) is 0.654. The molecule has 1 heterocycles. The van der Waals surface area contributed by atoms with Crippen molar-refractivity contribution in [2.75, 3.05) is 0 Å². The summed E-state index contributed by atoms with van der Waals surface area (Å²) in [7, 11) is 0. The van der Waals surface area contributed by atoms with Gasteiger partial charge in [-0.05, 0) is 16.8 Å². The minimum absolute atomic E-state index is 1.22. The van der Waals surface area contributed by atoms with Crippen molar-refractivity contribution in [1.82, 2.24) is 4.98 Å². The molecule has 0 saturated carbocycles. The Morgan fingerprint density at radius 3 is 2.17 bits per heavy atom. The molecule has 12 heavy (non-hydrogen) atoms. The van der Waals surface area contributed by atoms with E-state index < -0.39 is 0 Å². The van der Waals surface area contributed by atoms with Gasteiger partial charge in [0.1, 0.15) is 0 Å². The Morgan fingerprint density at radius 1 is 0.833 bits per heavy atom. The number of benzene rings is 2. The van der Waals surface area contributed by atoms with Gasteiger partial charge in [-0.15, -0.1) is 0 Å². The Labute approximate surface area is 70.0 Å². The van der Waals surface area contributed by atoms with Gasteiger partial charge in [0.05, 0.1) is 0 Å². The van der Waals surface area contributed by atoms with Crippen molar-refractivity contribution in [2.45, 2.75) is 0 Å². The summed E-state index contributed by atoms with van der Waals surface area (Å²) in [6, 6.07) is 10.7. The van der Waals surface area contributed by atoms with Gasteiger partial charge < -0.3 is 0 Å². The number of aromatic nitrogens is 1. The molecule has 0 aliphatic rings. The molecule has 56 valence electrons. The Morgan fingerprint density at radius 2 is 1.50 bits per heavy atom. The highest BCUT2D eigenvalue weighted by Crippen LogP contribution is 2.22. The Balaban J connectivity index is 2.73. The van der Waals surface area contributed by atoms with E-state index in [1.807, 2.05) is 12.4 Å². The molecule has 0 unspecified atom stereocenters. The molecule has 2 bridgehead atoms. The highest BCUT2D eigenvalue weighted by atomic mass is 14.6. The fourth-order valence-electron chi connectivity index (χ4n) is 1.63. The minimum atomic E-state index is 1.22. The molecule has 0 saturated heterocycles. The third-order valence-electron chi connectivity index (χ3n) is 2.27. The van der Waals surface area contributed by atoms with Crippen LogP contribution in [0.15, 0.2) is 42.7 Å². The third-order valence-corrected chi connectivity index (χ3v) is 2.27. The highest BCUT2D eigenvalue weighted by molar-refractivity contribution is 6.01. The van der Waals surface area contributed by atoms with Crippen molar-refractivity contribution in [2.24, 2.45) is 0 Å². The summed E-state index contributed by atoms with van der Waals surface area (Å²) in [5.74, 6) is 0. The monoisotopic (exact) mass is 153 g/mol. The number of nitrogens with zero attached hydrogens (tertiary/aromatic N) is 1. The van der Waals surface area contributed by atoms with Crippen LogP contribution in [0.1, 0.15) is 0 Å². The molecule has 0 fully saturated rings. The molecule has 0 radical (unpaired) electrons. The van der Waals surface area contributed by atoms with Gasteiger partial charge in [0.2, 0.25) is 0 Å². The molecular weight excluding hydrogens is 146 g/mol. The van der Waals surface area contributed by atoms with E-state index in [2.05, 4.69) is 35.3 Å². The number of fused-ring (bicyclic) bond motifs is 1. The zero-order valence-electron chi connectivity index (χ0n) is 6.49. The SMILES string of the molecule is c1cc2cncc3ccc1cc23. The predicted octanol–water partition coefficient (Wildman–Crippen LogP) is 2.83. The highest BCUT2D eigenvalue weighted by Gasteiger charge is 1.97. The smallest absolute Gasteiger partial charge is 0.0346 e. The van der Waals surface area contributed by atoms with Crippen molar-refractivity contribution in [3.05, 3.63) is 42.7 Å². The van der Waals surface area contributed by atoms with Gasteiger partial charge in [-0.25, -0.2) is 0 Å². The summed E-state index contributed by atoms with van der Waals surface area (Å²) in [5.41, 5.74) is 0. The molecule has 0 amide bonds. The largest absolute Gasteiger partial charge is 0.263 e. The molecule has 0 aliphatic carbocycles. The van der Waals surface area contributed by atoms with Gasteiger partial charge in [-0.1, -0.05) is 24.3 Å². The zero-order chi connectivity index (χ0) is 7.97. The number of pyridine rings is 1. The van der Waals surface area contributed by atoms with Crippen molar-refractivity contribution in [3.8, 4) is 0 Å². The maximum Gasteiger partial charge on any atom is 0.0346 e. The van der Waals surface area contributed by atoms with Crippen LogP contribution in [0.3, 0.4) is 0 Å². The summed E-state index contributed by atoms with van der Waals surface area (Å²) >= 11 is 0. The molecule has 0 N–H and O–H groups in total. The number of rotatable bonds is 0. The fourth-order valence-corrected chi connectivity index (χ4v) is 1.63. The molecule has 3 aromatic rings. The van der Waals surface area contributed by atoms with Crippen molar-refractivity contribution < 1.29 is 0 Å². The van der Waals surface area contributed by atoms with E-state index in [0.29, 0.717) is 0 Å². The molecule has 1 nitrogen and oxygen atoms in total. The Kier molecular flexibility index (Phi) is 0.965. The second kappa shape index (κ2) is 1.95.